The summed E-state index contributed by atoms with van der Waals surface area (Å²) in [4.78, 5) is 48.2. The first-order valence-corrected chi connectivity index (χ1v) is 8.41. The highest BCUT2D eigenvalue weighted by molar-refractivity contribution is 6.39. The van der Waals surface area contributed by atoms with Gasteiger partial charge in [-0.25, -0.2) is 14.1 Å². The van der Waals surface area contributed by atoms with Crippen LogP contribution in [-0.2, 0) is 14.4 Å². The number of barbiturate groups is 1. The van der Waals surface area contributed by atoms with Gasteiger partial charge in [-0.3, -0.25) is 14.9 Å². The monoisotopic (exact) mass is 397 g/mol. The van der Waals surface area contributed by atoms with Gasteiger partial charge in [-0.2, -0.15) is 0 Å². The van der Waals surface area contributed by atoms with E-state index >= 15 is 0 Å². The molecule has 0 spiro atoms. The molecule has 1 saturated heterocycles. The van der Waals surface area contributed by atoms with E-state index in [0.717, 1.165) is 6.07 Å². The van der Waals surface area contributed by atoms with Crippen molar-refractivity contribution in [2.75, 3.05) is 4.90 Å². The lowest BCUT2D eigenvalue weighted by atomic mass is 10.1. The summed E-state index contributed by atoms with van der Waals surface area (Å²) < 4.78 is 19.2. The molecule has 1 atom stereocenters. The number of urea groups is 1. The first-order valence-electron chi connectivity index (χ1n) is 8.41. The van der Waals surface area contributed by atoms with Gasteiger partial charge in [0.2, 0.25) is 0 Å². The van der Waals surface area contributed by atoms with E-state index in [4.69, 9.17) is 4.74 Å². The Morgan fingerprint density at radius 3 is 2.41 bits per heavy atom. The number of carbonyl (C=O) groups excluding carboxylic acids is 4. The zero-order valence-electron chi connectivity index (χ0n) is 15.0. The normalized spacial score (nSPS) is 16.6. The van der Waals surface area contributed by atoms with E-state index in [1.165, 1.54) is 55.5 Å². The standard InChI is InChI=1S/C20H15FN2O6/c1-11(19(26)27)29-13-8-6-12(7-9-13)10-14-17(24)22-20(28)23(18(14)25)16-5-3-2-4-15(16)21/h2-11H,1H3,(H,26,27)(H,22,24,28)/p-1/b14-10+/t11-/m1/s1. The molecule has 0 bridgehead atoms. The molecule has 0 saturated carbocycles. The fraction of sp³-hybridized carbons (Fsp3) is 0.100. The third-order valence-electron chi connectivity index (χ3n) is 4.03. The number of nitrogens with one attached hydrogen (secondary N) is 1. The van der Waals surface area contributed by atoms with Crippen molar-refractivity contribution in [1.82, 2.24) is 5.32 Å². The maximum atomic E-state index is 14.0. The van der Waals surface area contributed by atoms with E-state index in [1.54, 1.807) is 0 Å². The van der Waals surface area contributed by atoms with Crippen molar-refractivity contribution in [1.29, 1.82) is 0 Å². The van der Waals surface area contributed by atoms with E-state index in [2.05, 4.69) is 0 Å². The molecule has 1 N–H and O–H groups in total. The summed E-state index contributed by atoms with van der Waals surface area (Å²) in [5, 5.41) is 12.7. The summed E-state index contributed by atoms with van der Waals surface area (Å²) >= 11 is 0. The van der Waals surface area contributed by atoms with Gasteiger partial charge in [0, 0.05) is 0 Å². The first-order chi connectivity index (χ1) is 13.8. The van der Waals surface area contributed by atoms with Crippen molar-refractivity contribution < 1.29 is 33.4 Å². The third kappa shape index (κ3) is 4.13. The molecule has 0 aromatic heterocycles. The van der Waals surface area contributed by atoms with Gasteiger partial charge in [0.05, 0.1) is 11.7 Å². The number of benzene rings is 2. The van der Waals surface area contributed by atoms with Crippen LogP contribution in [0.4, 0.5) is 14.9 Å². The van der Waals surface area contributed by atoms with Crippen molar-refractivity contribution in [2.45, 2.75) is 13.0 Å². The molecule has 0 radical (unpaired) electrons. The number of imide groups is 2. The summed E-state index contributed by atoms with van der Waals surface area (Å²) in [5.74, 6) is -3.83. The average Bonchev–Trinajstić information content (AvgIpc) is 2.67. The van der Waals surface area contributed by atoms with E-state index in [1.807, 2.05) is 5.32 Å². The van der Waals surface area contributed by atoms with Crippen LogP contribution in [0.2, 0.25) is 0 Å². The first kappa shape index (κ1) is 19.7. The predicted molar refractivity (Wildman–Crippen MR) is 96.9 cm³/mol. The highest BCUT2D eigenvalue weighted by Gasteiger charge is 2.37. The molecular formula is C20H14FN2O6-. The summed E-state index contributed by atoms with van der Waals surface area (Å²) in [7, 11) is 0. The van der Waals surface area contributed by atoms with E-state index in [0.29, 0.717) is 10.5 Å². The number of nitrogens with zero attached hydrogens (tertiary/aromatic N) is 1. The van der Waals surface area contributed by atoms with Gasteiger partial charge >= 0.3 is 6.03 Å². The van der Waals surface area contributed by atoms with Gasteiger partial charge in [0.1, 0.15) is 23.2 Å². The van der Waals surface area contributed by atoms with E-state index in [-0.39, 0.29) is 17.0 Å². The molecule has 1 aliphatic heterocycles. The lowest BCUT2D eigenvalue weighted by molar-refractivity contribution is -0.312. The lowest BCUT2D eigenvalue weighted by Gasteiger charge is -2.26. The number of amides is 4. The van der Waals surface area contributed by atoms with Crippen LogP contribution in [0.15, 0.2) is 54.1 Å². The van der Waals surface area contributed by atoms with Gasteiger partial charge in [-0.05, 0) is 42.8 Å². The molecule has 4 amide bonds. The molecular weight excluding hydrogens is 383 g/mol. The van der Waals surface area contributed by atoms with Crippen LogP contribution in [0.25, 0.3) is 6.08 Å². The van der Waals surface area contributed by atoms with E-state index < -0.39 is 35.7 Å². The van der Waals surface area contributed by atoms with Crippen LogP contribution in [0, 0.1) is 5.82 Å². The number of carbonyl (C=O) groups is 4. The second-order valence-corrected chi connectivity index (χ2v) is 6.06. The largest absolute Gasteiger partial charge is 0.546 e. The van der Waals surface area contributed by atoms with Gasteiger partial charge in [-0.15, -0.1) is 0 Å². The van der Waals surface area contributed by atoms with E-state index in [9.17, 15) is 28.7 Å². The zero-order valence-corrected chi connectivity index (χ0v) is 15.0. The number of ether oxygens (including phenoxy) is 1. The zero-order chi connectivity index (χ0) is 21.1. The number of halogens is 1. The second kappa shape index (κ2) is 7.93. The SMILES string of the molecule is C[C@@H](Oc1ccc(/C=C2\C(=O)NC(=O)N(c3ccccc3F)C2=O)cc1)C(=O)[O-]. The number of carboxylic acids is 1. The molecule has 1 heterocycles. The predicted octanol–water partition coefficient (Wildman–Crippen LogP) is 1.01. The van der Waals surface area contributed by atoms with Gasteiger partial charge in [0.25, 0.3) is 11.8 Å². The molecule has 2 aromatic carbocycles. The number of rotatable bonds is 5. The van der Waals surface area contributed by atoms with Crippen molar-refractivity contribution >= 4 is 35.6 Å². The van der Waals surface area contributed by atoms with Gasteiger partial charge in [0.15, 0.2) is 0 Å². The number of para-hydroxylation sites is 1. The summed E-state index contributed by atoms with van der Waals surface area (Å²) in [6.07, 6.45) is 0.0643. The Bertz CT molecular complexity index is 1030. The Morgan fingerprint density at radius 1 is 1.14 bits per heavy atom. The van der Waals surface area contributed by atoms with Crippen molar-refractivity contribution in [3.8, 4) is 5.75 Å². The third-order valence-corrected chi connectivity index (χ3v) is 4.03. The van der Waals surface area contributed by atoms with Crippen LogP contribution in [0.5, 0.6) is 5.75 Å². The lowest BCUT2D eigenvalue weighted by Crippen LogP contribution is -2.54. The molecule has 2 aromatic rings. The molecule has 29 heavy (non-hydrogen) atoms. The van der Waals surface area contributed by atoms with Crippen molar-refractivity contribution in [3.05, 3.63) is 65.5 Å². The minimum absolute atomic E-state index is 0.242. The van der Waals surface area contributed by atoms with Crippen LogP contribution < -0.4 is 20.1 Å². The number of carboxylic acid groups (broad SMARTS) is 1. The molecule has 1 fully saturated rings. The molecule has 1 aliphatic rings. The van der Waals surface area contributed by atoms with Crippen molar-refractivity contribution in [3.63, 3.8) is 0 Å². The number of aliphatic carboxylic acids is 1. The summed E-state index contributed by atoms with van der Waals surface area (Å²) in [5.41, 5.74) is -0.252. The van der Waals surface area contributed by atoms with Gasteiger partial charge in [-0.1, -0.05) is 24.3 Å². The Hall–Kier alpha value is -4.01. The molecule has 148 valence electrons. The Morgan fingerprint density at radius 2 is 1.79 bits per heavy atom. The van der Waals surface area contributed by atoms with Gasteiger partial charge < -0.3 is 14.6 Å². The summed E-state index contributed by atoms with van der Waals surface area (Å²) in [6.45, 7) is 1.31. The van der Waals surface area contributed by atoms with Crippen LogP contribution in [-0.4, -0.2) is 29.9 Å². The Balaban J connectivity index is 1.89. The highest BCUT2D eigenvalue weighted by Crippen LogP contribution is 2.24. The topological polar surface area (TPSA) is 116 Å². The highest BCUT2D eigenvalue weighted by atomic mass is 19.1. The molecule has 3 rings (SSSR count). The van der Waals surface area contributed by atoms with Crippen LogP contribution >= 0.6 is 0 Å². The Labute approximate surface area is 164 Å². The Kier molecular flexibility index (Phi) is 5.40. The maximum Gasteiger partial charge on any atom is 0.336 e. The number of hydrogen-bond acceptors (Lipinski definition) is 6. The maximum absolute atomic E-state index is 14.0. The molecule has 0 aliphatic carbocycles. The molecule has 0 unspecified atom stereocenters. The van der Waals surface area contributed by atoms with Crippen molar-refractivity contribution in [2.24, 2.45) is 0 Å². The number of anilines is 1. The minimum atomic E-state index is -1.38. The quantitative estimate of drug-likeness (QED) is 0.595. The number of hydrogen-bond donors (Lipinski definition) is 1. The summed E-state index contributed by atoms with van der Waals surface area (Å²) in [6, 6.07) is 9.97. The minimum Gasteiger partial charge on any atom is -0.546 e. The fourth-order valence-corrected chi connectivity index (χ4v) is 2.57. The van der Waals surface area contributed by atoms with Crippen LogP contribution in [0.1, 0.15) is 12.5 Å². The molecule has 9 heteroatoms. The second-order valence-electron chi connectivity index (χ2n) is 6.06. The molecule has 8 nitrogen and oxygen atoms in total. The fourth-order valence-electron chi connectivity index (χ4n) is 2.57. The smallest absolute Gasteiger partial charge is 0.336 e. The average molecular weight is 397 g/mol. The van der Waals surface area contributed by atoms with Crippen LogP contribution in [0.3, 0.4) is 0 Å².